The van der Waals surface area contributed by atoms with Crippen LogP contribution in [0, 0.1) is 35.5 Å². The van der Waals surface area contributed by atoms with E-state index in [9.17, 15) is 39.3 Å². The van der Waals surface area contributed by atoms with Gasteiger partial charge in [-0.2, -0.15) is 0 Å². The van der Waals surface area contributed by atoms with E-state index in [1.54, 1.807) is 41.1 Å². The Hall–Kier alpha value is -3.41. The van der Waals surface area contributed by atoms with Crippen LogP contribution in [0.3, 0.4) is 0 Å². The molecule has 68 heavy (non-hydrogen) atoms. The Morgan fingerprint density at radius 3 is 2.28 bits per heavy atom. The number of esters is 1. The third kappa shape index (κ3) is 15.5. The molecule has 0 aromatic heterocycles. The van der Waals surface area contributed by atoms with Crippen LogP contribution in [0.15, 0.2) is 47.6 Å². The number of piperidine rings is 1. The number of amides is 1. The van der Waals surface area contributed by atoms with Crippen molar-refractivity contribution in [2.24, 2.45) is 35.5 Å². The molecule has 4 aliphatic rings. The molecular weight excluding hydrogens is 875 g/mol. The molecule has 1 amide bonds. The van der Waals surface area contributed by atoms with Gasteiger partial charge in [0.15, 0.2) is 5.78 Å². The molecule has 0 spiro atoms. The lowest BCUT2D eigenvalue weighted by molar-refractivity contribution is -0.266. The summed E-state index contributed by atoms with van der Waals surface area (Å²) in [6.07, 6.45) is 10.9. The minimum Gasteiger partial charge on any atom is -0.460 e. The maximum Gasteiger partial charge on any atom is 0.329 e. The lowest BCUT2D eigenvalue weighted by atomic mass is 9.78. The van der Waals surface area contributed by atoms with Crippen molar-refractivity contribution in [2.75, 3.05) is 41.1 Å². The SMILES string of the molecule is COCCO[C@@H]1C[C@@H]2CC[C@@H](C)[C@@](O)(O2)C(=O)C(=O)N2CCCCC2C(=O)O[C@H]([C@H](C)C[C@@H]2CC[C@@H](O)[C@H](OC)C2)CC(=O)[C@H](C)/C=C(\C)[C@@H](O)[C@@H](OC)C(=O)[C@H](C)C[C@H](C)/C=C/C=C/C=C/1C. The zero-order valence-electron chi connectivity index (χ0n) is 42.4. The van der Waals surface area contributed by atoms with Crippen LogP contribution in [0.5, 0.6) is 0 Å². The monoisotopic (exact) mass is 958 g/mol. The van der Waals surface area contributed by atoms with Crippen LogP contribution in [-0.2, 0) is 52.4 Å². The summed E-state index contributed by atoms with van der Waals surface area (Å²) in [5, 5.41) is 34.0. The summed E-state index contributed by atoms with van der Waals surface area (Å²) in [5.74, 6) is -8.09. The molecule has 3 heterocycles. The van der Waals surface area contributed by atoms with Crippen molar-refractivity contribution in [3.8, 4) is 0 Å². The average Bonchev–Trinajstić information content (AvgIpc) is 3.31. The maximum atomic E-state index is 14.4. The van der Waals surface area contributed by atoms with Gasteiger partial charge in [0.1, 0.15) is 30.1 Å². The highest BCUT2D eigenvalue weighted by Gasteiger charge is 2.53. The highest BCUT2D eigenvalue weighted by Crippen LogP contribution is 2.38. The van der Waals surface area contributed by atoms with Gasteiger partial charge in [-0.3, -0.25) is 19.2 Å². The number of methoxy groups -OCH3 is 3. The standard InChI is InChI=1S/C53H83NO14/c1-32-16-12-11-13-17-33(2)44(66-25-24-63-8)30-40-21-19-38(7)53(62,68-40)50(59)51(60)54-23-15-14-18-41(54)52(61)67-45(35(4)28-39-20-22-42(55)46(29-39)64-9)31-43(56)34(3)27-37(6)48(58)49(65-10)47(57)36(5)26-32/h11-13,16-17,27,32,34-36,38-42,44-46,48-49,55,58,62H,14-15,18-26,28-31H2,1-10H3/b13-11+,16-12+,33-17+,37-27+/t32-,34-,35-,36-,38-,39+,40+,41?,42-,44-,45+,46-,48-,49+,53-/m1/s1. The van der Waals surface area contributed by atoms with Gasteiger partial charge in [0, 0.05) is 58.5 Å². The Bertz CT molecular complexity index is 1810. The third-order valence-corrected chi connectivity index (χ3v) is 14.8. The Kier molecular flexibility index (Phi) is 22.9. The zero-order chi connectivity index (χ0) is 50.3. The number of rotatable bonds is 9. The number of cyclic esters (lactones) is 1. The number of carbonyl (C=O) groups is 5. The van der Waals surface area contributed by atoms with Crippen molar-refractivity contribution in [1.82, 2.24) is 4.90 Å². The van der Waals surface area contributed by atoms with E-state index in [2.05, 4.69) is 0 Å². The fourth-order valence-corrected chi connectivity index (χ4v) is 10.3. The summed E-state index contributed by atoms with van der Waals surface area (Å²) in [4.78, 5) is 72.2. The largest absolute Gasteiger partial charge is 0.460 e. The Labute approximate surface area is 405 Å². The summed E-state index contributed by atoms with van der Waals surface area (Å²) < 4.78 is 35.1. The normalized spacial score (nSPS) is 39.2. The summed E-state index contributed by atoms with van der Waals surface area (Å²) in [6.45, 7) is 13.4. The van der Waals surface area contributed by atoms with E-state index in [4.69, 9.17) is 28.4 Å². The van der Waals surface area contributed by atoms with E-state index in [-0.39, 0.29) is 67.8 Å². The number of allylic oxidation sites excluding steroid dienone is 6. The second-order valence-electron chi connectivity index (χ2n) is 20.2. The van der Waals surface area contributed by atoms with Crippen LogP contribution in [0.2, 0.25) is 0 Å². The van der Waals surface area contributed by atoms with Gasteiger partial charge in [0.25, 0.3) is 11.7 Å². The van der Waals surface area contributed by atoms with Gasteiger partial charge < -0.3 is 48.6 Å². The number of Topliss-reactive ketones (excluding diaryl/α,β-unsaturated/α-hetero) is 3. The fourth-order valence-electron chi connectivity index (χ4n) is 10.3. The highest BCUT2D eigenvalue weighted by molar-refractivity contribution is 6.39. The van der Waals surface area contributed by atoms with Gasteiger partial charge in [-0.05, 0) is 107 Å². The molecule has 0 aromatic rings. The summed E-state index contributed by atoms with van der Waals surface area (Å²) >= 11 is 0. The predicted molar refractivity (Wildman–Crippen MR) is 256 cm³/mol. The van der Waals surface area contributed by atoms with E-state index in [0.29, 0.717) is 63.5 Å². The lowest BCUT2D eigenvalue weighted by Gasteiger charge is -2.43. The molecule has 384 valence electrons. The van der Waals surface area contributed by atoms with Crippen molar-refractivity contribution < 1.29 is 67.7 Å². The first-order valence-electron chi connectivity index (χ1n) is 25.0. The van der Waals surface area contributed by atoms with Crippen LogP contribution in [-0.4, -0.2) is 145 Å². The Morgan fingerprint density at radius 1 is 0.853 bits per heavy atom. The molecule has 1 saturated carbocycles. The molecule has 3 N–H and O–H groups in total. The minimum atomic E-state index is -2.46. The van der Waals surface area contributed by atoms with E-state index >= 15 is 0 Å². The first kappa shape index (κ1) is 57.2. The molecule has 1 unspecified atom stereocenters. The van der Waals surface area contributed by atoms with E-state index in [1.165, 1.54) is 12.0 Å². The van der Waals surface area contributed by atoms with Crippen LogP contribution < -0.4 is 0 Å². The van der Waals surface area contributed by atoms with Gasteiger partial charge >= 0.3 is 5.97 Å². The molecular formula is C53H83NO14. The first-order valence-corrected chi connectivity index (χ1v) is 25.0. The number of aliphatic hydroxyl groups excluding tert-OH is 2. The number of nitrogens with zero attached hydrogens (tertiary/aromatic N) is 1. The number of hydrogen-bond donors (Lipinski definition) is 3. The topological polar surface area (TPSA) is 205 Å². The number of fused-ring (bicyclic) bond motifs is 3. The number of carbonyl (C=O) groups excluding carboxylic acids is 5. The summed E-state index contributed by atoms with van der Waals surface area (Å²) in [6, 6.07) is -1.15. The number of ether oxygens (including phenoxy) is 6. The molecule has 0 radical (unpaired) electrons. The van der Waals surface area contributed by atoms with Crippen LogP contribution >= 0.6 is 0 Å². The molecule has 0 aromatic carbocycles. The fraction of sp³-hybridized carbons (Fsp3) is 0.755. The highest BCUT2D eigenvalue weighted by atomic mass is 16.6. The molecule has 15 nitrogen and oxygen atoms in total. The van der Waals surface area contributed by atoms with Gasteiger partial charge in [-0.25, -0.2) is 4.79 Å². The number of hydrogen-bond acceptors (Lipinski definition) is 14. The number of aliphatic hydroxyl groups is 3. The van der Waals surface area contributed by atoms with Crippen molar-refractivity contribution in [3.63, 3.8) is 0 Å². The second kappa shape index (κ2) is 27.3. The number of ketones is 3. The first-order chi connectivity index (χ1) is 32.2. The third-order valence-electron chi connectivity index (χ3n) is 14.8. The van der Waals surface area contributed by atoms with E-state index in [1.807, 2.05) is 58.1 Å². The Morgan fingerprint density at radius 2 is 1.59 bits per heavy atom. The molecule has 2 saturated heterocycles. The van der Waals surface area contributed by atoms with Crippen molar-refractivity contribution in [2.45, 2.75) is 180 Å². The maximum absolute atomic E-state index is 14.4. The van der Waals surface area contributed by atoms with Crippen LogP contribution in [0.4, 0.5) is 0 Å². The second-order valence-corrected chi connectivity index (χ2v) is 20.2. The molecule has 3 fully saturated rings. The average molecular weight is 958 g/mol. The smallest absolute Gasteiger partial charge is 0.329 e. The molecule has 3 aliphatic heterocycles. The molecule has 15 atom stereocenters. The van der Waals surface area contributed by atoms with Crippen molar-refractivity contribution >= 4 is 29.2 Å². The van der Waals surface area contributed by atoms with Crippen LogP contribution in [0.25, 0.3) is 0 Å². The minimum absolute atomic E-state index is 0.00394. The molecule has 1 aliphatic carbocycles. The van der Waals surface area contributed by atoms with Gasteiger partial charge in [-0.15, -0.1) is 0 Å². The van der Waals surface area contributed by atoms with E-state index in [0.717, 1.165) is 12.0 Å². The molecule has 4 rings (SSSR count). The van der Waals surface area contributed by atoms with Gasteiger partial charge in [0.2, 0.25) is 5.79 Å². The summed E-state index contributed by atoms with van der Waals surface area (Å²) in [5.41, 5.74) is 1.24. The van der Waals surface area contributed by atoms with E-state index < -0.39 is 83.9 Å². The van der Waals surface area contributed by atoms with Gasteiger partial charge in [0.05, 0.1) is 37.6 Å². The lowest BCUT2D eigenvalue weighted by Crippen LogP contribution is -2.61. The zero-order valence-corrected chi connectivity index (χ0v) is 42.4. The molecule has 15 heteroatoms. The van der Waals surface area contributed by atoms with Crippen molar-refractivity contribution in [3.05, 3.63) is 47.6 Å². The van der Waals surface area contributed by atoms with Gasteiger partial charge in [-0.1, -0.05) is 71.1 Å². The Balaban J connectivity index is 1.72. The quantitative estimate of drug-likeness (QED) is 0.102. The predicted octanol–water partition coefficient (Wildman–Crippen LogP) is 6.20. The van der Waals surface area contributed by atoms with Crippen molar-refractivity contribution in [1.29, 1.82) is 0 Å². The molecule has 2 bridgehead atoms. The summed E-state index contributed by atoms with van der Waals surface area (Å²) in [7, 11) is 4.52. The van der Waals surface area contributed by atoms with Crippen LogP contribution in [0.1, 0.15) is 126 Å².